The van der Waals surface area contributed by atoms with Crippen molar-refractivity contribution in [3.8, 4) is 0 Å². The number of quaternary nitrogens is 1. The van der Waals surface area contributed by atoms with Crippen LogP contribution in [0.25, 0.3) is 0 Å². The van der Waals surface area contributed by atoms with E-state index >= 15 is 0 Å². The van der Waals surface area contributed by atoms with Gasteiger partial charge in [-0.25, -0.2) is 0 Å². The van der Waals surface area contributed by atoms with E-state index < -0.39 is 5.60 Å². The molecule has 0 radical (unpaired) electrons. The first-order valence-corrected chi connectivity index (χ1v) is 11.4. The third kappa shape index (κ3) is 2.64. The lowest BCUT2D eigenvalue weighted by atomic mass is 9.44. The minimum atomic E-state index is -0.433. The average molecular weight is 349 g/mol. The molecule has 0 saturated heterocycles. The first kappa shape index (κ1) is 18.3. The van der Waals surface area contributed by atoms with Crippen LogP contribution in [0.15, 0.2) is 0 Å². The minimum Gasteiger partial charge on any atom is -0.383 e. The molecule has 0 aliphatic heterocycles. The predicted octanol–water partition coefficient (Wildman–Crippen LogP) is 4.12. The topological polar surface area (TPSA) is 36.8 Å². The van der Waals surface area contributed by atoms with Crippen LogP contribution >= 0.6 is 0 Å². The molecule has 7 atom stereocenters. The molecule has 0 aromatic rings. The van der Waals surface area contributed by atoms with Crippen LogP contribution in [-0.2, 0) is 0 Å². The third-order valence-corrected chi connectivity index (χ3v) is 9.83. The van der Waals surface area contributed by atoms with Crippen LogP contribution in [0.4, 0.5) is 0 Å². The fraction of sp³-hybridized carbons (Fsp3) is 1.00. The summed E-state index contributed by atoms with van der Waals surface area (Å²) in [7, 11) is 0. The van der Waals surface area contributed by atoms with E-state index in [0.29, 0.717) is 11.5 Å². The molecule has 4 fully saturated rings. The van der Waals surface area contributed by atoms with E-state index in [1.165, 1.54) is 57.8 Å². The van der Waals surface area contributed by atoms with E-state index in [2.05, 4.69) is 33.0 Å². The largest absolute Gasteiger partial charge is 0.383 e. The fourth-order valence-electron chi connectivity index (χ4n) is 8.17. The van der Waals surface area contributed by atoms with Crippen molar-refractivity contribution in [2.75, 3.05) is 6.54 Å². The van der Waals surface area contributed by atoms with Gasteiger partial charge in [-0.1, -0.05) is 26.7 Å². The first-order chi connectivity index (χ1) is 11.8. The zero-order valence-corrected chi connectivity index (χ0v) is 17.2. The van der Waals surface area contributed by atoms with Gasteiger partial charge in [-0.3, -0.25) is 0 Å². The summed E-state index contributed by atoms with van der Waals surface area (Å²) in [6.07, 6.45) is 13.8. The highest BCUT2D eigenvalue weighted by Gasteiger charge is 2.64. The number of rotatable bonds is 3. The van der Waals surface area contributed by atoms with Crippen molar-refractivity contribution in [3.63, 3.8) is 0 Å². The van der Waals surface area contributed by atoms with E-state index in [1.807, 2.05) is 0 Å². The molecule has 0 spiro atoms. The van der Waals surface area contributed by atoms with Crippen molar-refractivity contribution in [2.45, 2.75) is 104 Å². The normalized spacial score (nSPS) is 52.6. The lowest BCUT2D eigenvalue weighted by Crippen LogP contribution is -2.92. The van der Waals surface area contributed by atoms with Crippen molar-refractivity contribution in [1.29, 1.82) is 0 Å². The standard InChI is InChI=1S/C23H41NO/c1-16(2)24-15-23(25)14-11-20-18-9-8-17-7-5-6-12-21(17,3)19(18)10-13-22(20,23)4/h16-20,24-25H,5-15H2,1-4H3/p+1/t17-,18+,19-,20-,21+,22+,23-/m1/s1. The smallest absolute Gasteiger partial charge is 0.119 e. The molecule has 0 aromatic heterocycles. The van der Waals surface area contributed by atoms with Crippen LogP contribution < -0.4 is 5.32 Å². The highest BCUT2D eigenvalue weighted by Crippen LogP contribution is 2.68. The summed E-state index contributed by atoms with van der Waals surface area (Å²) in [6, 6.07) is 0.583. The first-order valence-electron chi connectivity index (χ1n) is 11.4. The average Bonchev–Trinajstić information content (AvgIpc) is 2.84. The molecule has 2 nitrogen and oxygen atoms in total. The number of fused-ring (bicyclic) bond motifs is 5. The minimum absolute atomic E-state index is 0.164. The second-order valence-corrected chi connectivity index (χ2v) is 11.1. The van der Waals surface area contributed by atoms with Crippen molar-refractivity contribution in [1.82, 2.24) is 0 Å². The van der Waals surface area contributed by atoms with Crippen LogP contribution in [0.1, 0.15) is 91.9 Å². The maximum Gasteiger partial charge on any atom is 0.119 e. The van der Waals surface area contributed by atoms with Gasteiger partial charge in [0.25, 0.3) is 0 Å². The summed E-state index contributed by atoms with van der Waals surface area (Å²) in [6.45, 7) is 10.5. The Hall–Kier alpha value is -0.0800. The number of hydrogen-bond acceptors (Lipinski definition) is 1. The summed E-state index contributed by atoms with van der Waals surface area (Å²) >= 11 is 0. The van der Waals surface area contributed by atoms with Crippen LogP contribution in [0.5, 0.6) is 0 Å². The lowest BCUT2D eigenvalue weighted by Gasteiger charge is -2.61. The zero-order valence-electron chi connectivity index (χ0n) is 17.2. The summed E-state index contributed by atoms with van der Waals surface area (Å²) in [5, 5.41) is 14.0. The second-order valence-electron chi connectivity index (χ2n) is 11.1. The van der Waals surface area contributed by atoms with Gasteiger partial charge < -0.3 is 10.4 Å². The highest BCUT2D eigenvalue weighted by molar-refractivity contribution is 5.13. The molecule has 0 amide bonds. The SMILES string of the molecule is CC(C)[NH2+]C[C@]1(O)CC[C@@H]2[C@H]3CC[C@H]4CCCC[C@]4(C)[C@@H]3CC[C@@]21C. The molecule has 4 rings (SSSR count). The quantitative estimate of drug-likeness (QED) is 0.791. The van der Waals surface area contributed by atoms with Gasteiger partial charge in [0.2, 0.25) is 0 Å². The monoisotopic (exact) mass is 348 g/mol. The van der Waals surface area contributed by atoms with Gasteiger partial charge in [-0.2, -0.15) is 0 Å². The molecule has 4 aliphatic carbocycles. The Morgan fingerprint density at radius 3 is 2.44 bits per heavy atom. The lowest BCUT2D eigenvalue weighted by molar-refractivity contribution is -0.696. The Labute approximate surface area is 155 Å². The fourth-order valence-corrected chi connectivity index (χ4v) is 8.17. The Morgan fingerprint density at radius 1 is 0.920 bits per heavy atom. The third-order valence-electron chi connectivity index (χ3n) is 9.83. The summed E-state index contributed by atoms with van der Waals surface area (Å²) in [5.74, 6) is 3.62. The molecule has 0 heterocycles. The maximum absolute atomic E-state index is 11.7. The summed E-state index contributed by atoms with van der Waals surface area (Å²) in [4.78, 5) is 0. The van der Waals surface area contributed by atoms with Crippen molar-refractivity contribution in [3.05, 3.63) is 0 Å². The Kier molecular flexibility index (Phi) is 4.56. The molecule has 25 heavy (non-hydrogen) atoms. The van der Waals surface area contributed by atoms with Gasteiger partial charge in [0.1, 0.15) is 12.1 Å². The zero-order chi connectivity index (χ0) is 17.9. The summed E-state index contributed by atoms with van der Waals surface area (Å²) < 4.78 is 0. The molecule has 0 aromatic carbocycles. The van der Waals surface area contributed by atoms with Gasteiger partial charge in [-0.15, -0.1) is 0 Å². The summed E-state index contributed by atoms with van der Waals surface area (Å²) in [5.41, 5.74) is 0.349. The predicted molar refractivity (Wildman–Crippen MR) is 103 cm³/mol. The van der Waals surface area contributed by atoms with Gasteiger partial charge in [0, 0.05) is 5.41 Å². The van der Waals surface area contributed by atoms with E-state index in [4.69, 9.17) is 0 Å². The second kappa shape index (κ2) is 6.23. The Bertz CT molecular complexity index is 504. The Morgan fingerprint density at radius 2 is 1.68 bits per heavy atom. The Balaban J connectivity index is 1.57. The molecule has 4 aliphatic rings. The highest BCUT2D eigenvalue weighted by atomic mass is 16.3. The molecule has 144 valence electrons. The molecular weight excluding hydrogens is 306 g/mol. The van der Waals surface area contributed by atoms with Crippen LogP contribution in [-0.4, -0.2) is 23.3 Å². The van der Waals surface area contributed by atoms with Crippen molar-refractivity contribution < 1.29 is 10.4 Å². The molecule has 4 saturated carbocycles. The van der Waals surface area contributed by atoms with Gasteiger partial charge >= 0.3 is 0 Å². The van der Waals surface area contributed by atoms with Crippen LogP contribution in [0.3, 0.4) is 0 Å². The maximum atomic E-state index is 11.7. The molecule has 0 unspecified atom stereocenters. The molecule has 0 bridgehead atoms. The van der Waals surface area contributed by atoms with E-state index in [0.717, 1.165) is 36.6 Å². The van der Waals surface area contributed by atoms with E-state index in [1.54, 1.807) is 0 Å². The van der Waals surface area contributed by atoms with Gasteiger partial charge in [-0.05, 0) is 94.3 Å². The van der Waals surface area contributed by atoms with Gasteiger partial charge in [0.05, 0.1) is 6.04 Å². The van der Waals surface area contributed by atoms with E-state index in [-0.39, 0.29) is 5.41 Å². The van der Waals surface area contributed by atoms with Crippen LogP contribution in [0.2, 0.25) is 0 Å². The molecular formula is C23H42NO+. The van der Waals surface area contributed by atoms with Crippen LogP contribution in [0, 0.1) is 34.5 Å². The van der Waals surface area contributed by atoms with E-state index in [9.17, 15) is 5.11 Å². The van der Waals surface area contributed by atoms with Crippen molar-refractivity contribution >= 4 is 0 Å². The number of aliphatic hydroxyl groups is 1. The molecule has 2 heteroatoms. The number of hydrogen-bond donors (Lipinski definition) is 2. The number of nitrogens with two attached hydrogens (primary N) is 1. The van der Waals surface area contributed by atoms with Crippen molar-refractivity contribution in [2.24, 2.45) is 34.5 Å². The van der Waals surface area contributed by atoms with Gasteiger partial charge in [0.15, 0.2) is 0 Å². The molecule has 3 N–H and O–H groups in total.